The summed E-state index contributed by atoms with van der Waals surface area (Å²) >= 11 is 0. The van der Waals surface area contributed by atoms with Crippen molar-refractivity contribution in [3.05, 3.63) is 45.7 Å². The number of nitrogens with one attached hydrogen (secondary N) is 3. The van der Waals surface area contributed by atoms with Crippen LogP contribution in [0.3, 0.4) is 0 Å². The van der Waals surface area contributed by atoms with E-state index in [9.17, 15) is 9.59 Å². The second kappa shape index (κ2) is 6.72. The van der Waals surface area contributed by atoms with Crippen LogP contribution in [0, 0.1) is 6.92 Å². The van der Waals surface area contributed by atoms with Gasteiger partial charge in [0.15, 0.2) is 5.82 Å². The summed E-state index contributed by atoms with van der Waals surface area (Å²) in [6.07, 6.45) is 0. The molecular formula is C14H17N5O3. The number of hydrogen-bond donors (Lipinski definition) is 5. The Hall–Kier alpha value is -2.87. The van der Waals surface area contributed by atoms with Crippen molar-refractivity contribution in [3.8, 4) is 0 Å². The van der Waals surface area contributed by atoms with Gasteiger partial charge in [0.2, 0.25) is 5.95 Å². The highest BCUT2D eigenvalue weighted by Crippen LogP contribution is 2.18. The third-order valence-electron chi connectivity index (χ3n) is 2.85. The summed E-state index contributed by atoms with van der Waals surface area (Å²) < 4.78 is 0. The van der Waals surface area contributed by atoms with Crippen LogP contribution in [0.25, 0.3) is 0 Å². The van der Waals surface area contributed by atoms with Gasteiger partial charge in [0, 0.05) is 12.2 Å². The minimum atomic E-state index is -0.877. The average Bonchev–Trinajstić information content (AvgIpc) is 2.44. The number of nitrogens with two attached hydrogens (primary N) is 1. The SMILES string of the molecule is Cc1cccc(Nc2nc(NCCO)[nH]c(=O)c2C(N)=O)c1. The normalized spacial score (nSPS) is 10.3. The van der Waals surface area contributed by atoms with Crippen molar-refractivity contribution in [2.24, 2.45) is 5.73 Å². The summed E-state index contributed by atoms with van der Waals surface area (Å²) in [7, 11) is 0. The molecule has 6 N–H and O–H groups in total. The zero-order valence-corrected chi connectivity index (χ0v) is 12.0. The number of aliphatic hydroxyl groups excluding tert-OH is 1. The van der Waals surface area contributed by atoms with Crippen LogP contribution in [-0.2, 0) is 0 Å². The standard InChI is InChI=1S/C14H17N5O3/c1-8-3-2-4-9(7-8)17-12-10(11(15)21)13(22)19-14(18-12)16-5-6-20/h2-4,7,20H,5-6H2,1H3,(H2,15,21)(H3,16,17,18,19,22). The van der Waals surface area contributed by atoms with Crippen molar-refractivity contribution < 1.29 is 9.90 Å². The van der Waals surface area contributed by atoms with Crippen LogP contribution < -0.4 is 21.9 Å². The largest absolute Gasteiger partial charge is 0.395 e. The lowest BCUT2D eigenvalue weighted by Crippen LogP contribution is -2.27. The van der Waals surface area contributed by atoms with Crippen molar-refractivity contribution in [2.75, 3.05) is 23.8 Å². The highest BCUT2D eigenvalue weighted by atomic mass is 16.3. The second-order valence-corrected chi connectivity index (χ2v) is 4.65. The van der Waals surface area contributed by atoms with Crippen LogP contribution in [0.5, 0.6) is 0 Å². The zero-order valence-electron chi connectivity index (χ0n) is 12.0. The van der Waals surface area contributed by atoms with E-state index in [-0.39, 0.29) is 30.5 Å². The van der Waals surface area contributed by atoms with Gasteiger partial charge in [0.05, 0.1) is 6.61 Å². The Morgan fingerprint density at radius 3 is 2.86 bits per heavy atom. The zero-order chi connectivity index (χ0) is 16.1. The van der Waals surface area contributed by atoms with E-state index in [2.05, 4.69) is 20.6 Å². The average molecular weight is 303 g/mol. The lowest BCUT2D eigenvalue weighted by atomic mass is 10.2. The molecule has 1 aromatic carbocycles. The molecule has 0 aliphatic heterocycles. The van der Waals surface area contributed by atoms with E-state index in [1.54, 1.807) is 6.07 Å². The first kappa shape index (κ1) is 15.5. The number of H-pyrrole nitrogens is 1. The Balaban J connectivity index is 2.44. The first-order valence-corrected chi connectivity index (χ1v) is 6.64. The molecule has 1 heterocycles. The van der Waals surface area contributed by atoms with E-state index in [1.165, 1.54) is 0 Å². The molecule has 2 rings (SSSR count). The Bertz CT molecular complexity index is 741. The molecule has 0 aliphatic rings. The Morgan fingerprint density at radius 2 is 2.23 bits per heavy atom. The number of amides is 1. The molecule has 0 unspecified atom stereocenters. The molecular weight excluding hydrogens is 286 g/mol. The molecule has 0 saturated carbocycles. The van der Waals surface area contributed by atoms with Crippen LogP contribution in [0.1, 0.15) is 15.9 Å². The van der Waals surface area contributed by atoms with Gasteiger partial charge in [0.25, 0.3) is 11.5 Å². The fourth-order valence-corrected chi connectivity index (χ4v) is 1.91. The molecule has 22 heavy (non-hydrogen) atoms. The van der Waals surface area contributed by atoms with Gasteiger partial charge in [-0.3, -0.25) is 14.6 Å². The third-order valence-corrected chi connectivity index (χ3v) is 2.85. The molecule has 0 aliphatic carbocycles. The number of primary amides is 1. The van der Waals surface area contributed by atoms with E-state index in [0.717, 1.165) is 5.56 Å². The molecule has 0 radical (unpaired) electrons. The molecule has 2 aromatic rings. The number of aromatic nitrogens is 2. The molecule has 8 heteroatoms. The first-order chi connectivity index (χ1) is 10.5. The molecule has 0 saturated heterocycles. The van der Waals surface area contributed by atoms with Crippen molar-refractivity contribution in [3.63, 3.8) is 0 Å². The number of aromatic amines is 1. The van der Waals surface area contributed by atoms with Crippen LogP contribution >= 0.6 is 0 Å². The Labute approximate surface area is 126 Å². The topological polar surface area (TPSA) is 133 Å². The molecule has 0 spiro atoms. The number of benzene rings is 1. The monoisotopic (exact) mass is 303 g/mol. The van der Waals surface area contributed by atoms with Crippen molar-refractivity contribution in [1.29, 1.82) is 0 Å². The van der Waals surface area contributed by atoms with E-state index >= 15 is 0 Å². The van der Waals surface area contributed by atoms with Crippen LogP contribution in [0.2, 0.25) is 0 Å². The summed E-state index contributed by atoms with van der Waals surface area (Å²) in [5, 5.41) is 14.5. The van der Waals surface area contributed by atoms with Crippen LogP contribution in [-0.4, -0.2) is 34.1 Å². The maximum Gasteiger partial charge on any atom is 0.267 e. The molecule has 1 amide bonds. The minimum absolute atomic E-state index is 0.0577. The fraction of sp³-hybridized carbons (Fsp3) is 0.214. The predicted octanol–water partition coefficient (Wildman–Crippen LogP) is 0.325. The van der Waals surface area contributed by atoms with Crippen molar-refractivity contribution in [1.82, 2.24) is 9.97 Å². The van der Waals surface area contributed by atoms with Crippen LogP contribution in [0.4, 0.5) is 17.5 Å². The van der Waals surface area contributed by atoms with E-state index in [1.807, 2.05) is 25.1 Å². The lowest BCUT2D eigenvalue weighted by molar-refractivity contribution is 0.0999. The number of nitrogens with zero attached hydrogens (tertiary/aromatic N) is 1. The Kier molecular flexibility index (Phi) is 4.74. The highest BCUT2D eigenvalue weighted by Gasteiger charge is 2.16. The quantitative estimate of drug-likeness (QED) is 0.522. The summed E-state index contributed by atoms with van der Waals surface area (Å²) in [5.74, 6) is -0.681. The number of aryl methyl sites for hydroxylation is 1. The maximum atomic E-state index is 12.0. The van der Waals surface area contributed by atoms with Gasteiger partial charge >= 0.3 is 0 Å². The molecule has 116 valence electrons. The van der Waals surface area contributed by atoms with Gasteiger partial charge in [-0.1, -0.05) is 12.1 Å². The summed E-state index contributed by atoms with van der Waals surface area (Å²) in [6.45, 7) is 2.00. The summed E-state index contributed by atoms with van der Waals surface area (Å²) in [6, 6.07) is 7.37. The maximum absolute atomic E-state index is 12.0. The fourth-order valence-electron chi connectivity index (χ4n) is 1.91. The number of carbonyl (C=O) groups is 1. The molecule has 0 atom stereocenters. The van der Waals surface area contributed by atoms with Gasteiger partial charge in [-0.15, -0.1) is 0 Å². The van der Waals surface area contributed by atoms with Gasteiger partial charge in [-0.05, 0) is 24.6 Å². The molecule has 0 bridgehead atoms. The highest BCUT2D eigenvalue weighted by molar-refractivity contribution is 5.98. The number of hydrogen-bond acceptors (Lipinski definition) is 6. The van der Waals surface area contributed by atoms with E-state index in [0.29, 0.717) is 5.69 Å². The molecule has 8 nitrogen and oxygen atoms in total. The van der Waals surface area contributed by atoms with Crippen LogP contribution in [0.15, 0.2) is 29.1 Å². The number of anilines is 3. The summed E-state index contributed by atoms with van der Waals surface area (Å²) in [5.41, 5.74) is 6.02. The smallest absolute Gasteiger partial charge is 0.267 e. The van der Waals surface area contributed by atoms with Crippen molar-refractivity contribution >= 4 is 23.4 Å². The van der Waals surface area contributed by atoms with Gasteiger partial charge < -0.3 is 21.5 Å². The Morgan fingerprint density at radius 1 is 1.45 bits per heavy atom. The third kappa shape index (κ3) is 3.61. The van der Waals surface area contributed by atoms with Gasteiger partial charge in [-0.25, -0.2) is 0 Å². The number of carbonyl (C=O) groups excluding carboxylic acids is 1. The van der Waals surface area contributed by atoms with Gasteiger partial charge in [0.1, 0.15) is 5.56 Å². The lowest BCUT2D eigenvalue weighted by Gasteiger charge is -2.11. The van der Waals surface area contributed by atoms with E-state index < -0.39 is 11.5 Å². The molecule has 1 aromatic heterocycles. The van der Waals surface area contributed by atoms with E-state index in [4.69, 9.17) is 10.8 Å². The first-order valence-electron chi connectivity index (χ1n) is 6.64. The predicted molar refractivity (Wildman–Crippen MR) is 83.4 cm³/mol. The molecule has 0 fully saturated rings. The second-order valence-electron chi connectivity index (χ2n) is 4.65. The summed E-state index contributed by atoms with van der Waals surface area (Å²) in [4.78, 5) is 30.0. The van der Waals surface area contributed by atoms with Gasteiger partial charge in [-0.2, -0.15) is 4.98 Å². The van der Waals surface area contributed by atoms with Crippen molar-refractivity contribution in [2.45, 2.75) is 6.92 Å². The minimum Gasteiger partial charge on any atom is -0.395 e. The number of rotatable bonds is 6. The number of aliphatic hydroxyl groups is 1.